The highest BCUT2D eigenvalue weighted by atomic mass is 35.5. The molecule has 0 saturated heterocycles. The Balaban J connectivity index is 2.63. The van der Waals surface area contributed by atoms with E-state index in [4.69, 9.17) is 16.7 Å². The molecule has 0 heterocycles. The van der Waals surface area contributed by atoms with Crippen molar-refractivity contribution in [3.05, 3.63) is 28.8 Å². The summed E-state index contributed by atoms with van der Waals surface area (Å²) in [5, 5.41) is 12.5. The van der Waals surface area contributed by atoms with Gasteiger partial charge in [-0.3, -0.25) is 0 Å². The molecule has 3 nitrogen and oxygen atoms in total. The second kappa shape index (κ2) is 6.64. The van der Waals surface area contributed by atoms with Crippen molar-refractivity contribution < 1.29 is 9.90 Å². The maximum absolute atomic E-state index is 10.8. The van der Waals surface area contributed by atoms with E-state index >= 15 is 0 Å². The number of benzene rings is 1. The van der Waals surface area contributed by atoms with E-state index in [1.165, 1.54) is 6.07 Å². The Kier molecular flexibility index (Phi) is 5.48. The third kappa shape index (κ3) is 4.57. The molecule has 0 saturated carbocycles. The first-order valence-electron chi connectivity index (χ1n) is 6.19. The molecule has 0 aliphatic carbocycles. The predicted molar refractivity (Wildman–Crippen MR) is 75.6 cm³/mol. The van der Waals surface area contributed by atoms with Gasteiger partial charge in [0.05, 0.1) is 10.6 Å². The van der Waals surface area contributed by atoms with Crippen LogP contribution in [0.1, 0.15) is 44.0 Å². The van der Waals surface area contributed by atoms with Crippen LogP contribution in [0.25, 0.3) is 0 Å². The summed E-state index contributed by atoms with van der Waals surface area (Å²) in [6.45, 7) is 6.51. The monoisotopic (exact) mass is 269 g/mol. The number of rotatable bonds is 6. The van der Waals surface area contributed by atoms with Crippen molar-refractivity contribution in [2.45, 2.75) is 39.7 Å². The van der Waals surface area contributed by atoms with E-state index in [-0.39, 0.29) is 10.6 Å². The number of halogens is 1. The zero-order valence-corrected chi connectivity index (χ0v) is 11.8. The quantitative estimate of drug-likeness (QED) is 0.811. The zero-order valence-electron chi connectivity index (χ0n) is 11.0. The van der Waals surface area contributed by atoms with Gasteiger partial charge in [-0.1, -0.05) is 25.4 Å². The Morgan fingerprint density at radius 1 is 1.33 bits per heavy atom. The highest BCUT2D eigenvalue weighted by Gasteiger charge is 2.10. The molecule has 18 heavy (non-hydrogen) atoms. The van der Waals surface area contributed by atoms with Crippen molar-refractivity contribution in [1.82, 2.24) is 0 Å². The zero-order chi connectivity index (χ0) is 13.7. The van der Waals surface area contributed by atoms with Gasteiger partial charge in [0.15, 0.2) is 0 Å². The number of carbonyl (C=O) groups is 1. The Labute approximate surface area is 113 Å². The summed E-state index contributed by atoms with van der Waals surface area (Å²) in [6, 6.07) is 5.29. The lowest BCUT2D eigenvalue weighted by Crippen LogP contribution is -2.16. The average molecular weight is 270 g/mol. The van der Waals surface area contributed by atoms with Crippen LogP contribution in [0.2, 0.25) is 5.02 Å². The van der Waals surface area contributed by atoms with Gasteiger partial charge >= 0.3 is 5.97 Å². The predicted octanol–water partition coefficient (Wildman–Crippen LogP) is 4.27. The molecule has 1 atom stereocenters. The minimum absolute atomic E-state index is 0.136. The van der Waals surface area contributed by atoms with Crippen molar-refractivity contribution in [3.8, 4) is 0 Å². The van der Waals surface area contributed by atoms with E-state index in [2.05, 4.69) is 26.1 Å². The molecule has 2 N–H and O–H groups in total. The van der Waals surface area contributed by atoms with Gasteiger partial charge in [0.1, 0.15) is 0 Å². The van der Waals surface area contributed by atoms with Crippen molar-refractivity contribution in [1.29, 1.82) is 0 Å². The number of carboxylic acids is 1. The lowest BCUT2D eigenvalue weighted by Gasteiger charge is -2.16. The van der Waals surface area contributed by atoms with E-state index in [0.717, 1.165) is 18.5 Å². The lowest BCUT2D eigenvalue weighted by atomic mass is 10.0. The van der Waals surface area contributed by atoms with E-state index < -0.39 is 5.97 Å². The van der Waals surface area contributed by atoms with Crippen LogP contribution in [0.5, 0.6) is 0 Å². The van der Waals surface area contributed by atoms with Crippen molar-refractivity contribution >= 4 is 23.3 Å². The molecular formula is C14H20ClNO2. The first-order valence-corrected chi connectivity index (χ1v) is 6.57. The number of nitrogens with one attached hydrogen (secondary N) is 1. The van der Waals surface area contributed by atoms with Crippen LogP contribution in [-0.4, -0.2) is 17.1 Å². The maximum Gasteiger partial charge on any atom is 0.337 e. The fraction of sp³-hybridized carbons (Fsp3) is 0.500. The van der Waals surface area contributed by atoms with E-state index in [9.17, 15) is 4.79 Å². The molecule has 0 radical (unpaired) electrons. The van der Waals surface area contributed by atoms with Crippen LogP contribution in [0, 0.1) is 5.92 Å². The van der Waals surface area contributed by atoms with Gasteiger partial charge < -0.3 is 10.4 Å². The molecule has 1 unspecified atom stereocenters. The van der Waals surface area contributed by atoms with Crippen LogP contribution in [0.3, 0.4) is 0 Å². The van der Waals surface area contributed by atoms with Crippen LogP contribution >= 0.6 is 11.6 Å². The van der Waals surface area contributed by atoms with Crippen LogP contribution in [-0.2, 0) is 0 Å². The van der Waals surface area contributed by atoms with Crippen LogP contribution < -0.4 is 5.32 Å². The minimum Gasteiger partial charge on any atom is -0.478 e. The molecule has 0 aliphatic heterocycles. The number of hydrogen-bond acceptors (Lipinski definition) is 2. The topological polar surface area (TPSA) is 49.3 Å². The Hall–Kier alpha value is -1.22. The van der Waals surface area contributed by atoms with Gasteiger partial charge in [0.25, 0.3) is 0 Å². The van der Waals surface area contributed by atoms with E-state index in [0.29, 0.717) is 12.0 Å². The number of carboxylic acid groups (broad SMARTS) is 1. The Morgan fingerprint density at radius 3 is 2.50 bits per heavy atom. The fourth-order valence-electron chi connectivity index (χ4n) is 1.72. The van der Waals surface area contributed by atoms with Gasteiger partial charge in [-0.25, -0.2) is 4.79 Å². The van der Waals surface area contributed by atoms with Crippen molar-refractivity contribution in [2.75, 3.05) is 5.32 Å². The SMILES string of the molecule is CC(C)CCC(C)Nc1ccc(C(=O)O)c(Cl)c1. The largest absolute Gasteiger partial charge is 0.478 e. The lowest BCUT2D eigenvalue weighted by molar-refractivity contribution is 0.0697. The van der Waals surface area contributed by atoms with Gasteiger partial charge in [-0.15, -0.1) is 0 Å². The van der Waals surface area contributed by atoms with Crippen molar-refractivity contribution in [2.24, 2.45) is 5.92 Å². The summed E-state index contributed by atoms with van der Waals surface area (Å²) in [7, 11) is 0. The molecule has 0 fully saturated rings. The van der Waals surface area contributed by atoms with E-state index in [1.807, 2.05) is 0 Å². The molecular weight excluding hydrogens is 250 g/mol. The molecule has 0 aliphatic rings. The molecule has 0 aromatic heterocycles. The van der Waals surface area contributed by atoms with Crippen LogP contribution in [0.15, 0.2) is 18.2 Å². The summed E-state index contributed by atoms with van der Waals surface area (Å²) in [5.41, 5.74) is 0.998. The van der Waals surface area contributed by atoms with Crippen molar-refractivity contribution in [3.63, 3.8) is 0 Å². The van der Waals surface area contributed by atoms with Crippen LogP contribution in [0.4, 0.5) is 5.69 Å². The van der Waals surface area contributed by atoms with Gasteiger partial charge in [0, 0.05) is 11.7 Å². The first kappa shape index (κ1) is 14.8. The second-order valence-electron chi connectivity index (χ2n) is 5.02. The van der Waals surface area contributed by atoms with E-state index in [1.54, 1.807) is 12.1 Å². The maximum atomic E-state index is 10.8. The average Bonchev–Trinajstić information content (AvgIpc) is 2.26. The summed E-state index contributed by atoms with van der Waals surface area (Å²) >= 11 is 5.91. The third-order valence-corrected chi connectivity index (χ3v) is 3.10. The summed E-state index contributed by atoms with van der Waals surface area (Å²) < 4.78 is 0. The standard InChI is InChI=1S/C14H20ClNO2/c1-9(2)4-5-10(3)16-11-6-7-12(14(17)18)13(15)8-11/h6-10,16H,4-5H2,1-3H3,(H,17,18). The Morgan fingerprint density at radius 2 is 2.00 bits per heavy atom. The molecule has 1 aromatic carbocycles. The molecule has 100 valence electrons. The molecule has 1 rings (SSSR count). The highest BCUT2D eigenvalue weighted by molar-refractivity contribution is 6.33. The second-order valence-corrected chi connectivity index (χ2v) is 5.42. The molecule has 0 bridgehead atoms. The van der Waals surface area contributed by atoms with Gasteiger partial charge in [-0.05, 0) is 43.9 Å². The molecule has 1 aromatic rings. The Bertz CT molecular complexity index is 418. The number of anilines is 1. The number of aromatic carboxylic acids is 1. The highest BCUT2D eigenvalue weighted by Crippen LogP contribution is 2.22. The van der Waals surface area contributed by atoms with Gasteiger partial charge in [0.2, 0.25) is 0 Å². The fourth-order valence-corrected chi connectivity index (χ4v) is 1.98. The molecule has 0 amide bonds. The first-order chi connectivity index (χ1) is 8.40. The molecule has 0 spiro atoms. The summed E-state index contributed by atoms with van der Waals surface area (Å²) in [6.07, 6.45) is 2.24. The number of hydrogen-bond donors (Lipinski definition) is 2. The third-order valence-electron chi connectivity index (χ3n) is 2.79. The normalized spacial score (nSPS) is 12.5. The summed E-state index contributed by atoms with van der Waals surface area (Å²) in [5.74, 6) is -0.313. The minimum atomic E-state index is -1.00. The molecule has 4 heteroatoms. The summed E-state index contributed by atoms with van der Waals surface area (Å²) in [4.78, 5) is 10.8. The smallest absolute Gasteiger partial charge is 0.337 e. The van der Waals surface area contributed by atoms with Gasteiger partial charge in [-0.2, -0.15) is 0 Å².